The number of fused-ring (bicyclic) bond motifs is 1. The molecule has 4 N–H and O–H groups in total. The van der Waals surface area contributed by atoms with E-state index >= 15 is 0 Å². The molecular formula is C60H78BrN9O8S. The molecule has 1 saturated carbocycles. The summed E-state index contributed by atoms with van der Waals surface area (Å²) in [4.78, 5) is 60.7. The molecule has 1 aliphatic carbocycles. The zero-order valence-corrected chi connectivity index (χ0v) is 48.6. The van der Waals surface area contributed by atoms with Crippen LogP contribution in [0.15, 0.2) is 89.5 Å². The summed E-state index contributed by atoms with van der Waals surface area (Å²) in [7, 11) is 1.89. The summed E-state index contributed by atoms with van der Waals surface area (Å²) >= 11 is 5.11. The Kier molecular flexibility index (Phi) is 21.9. The third-order valence-corrected chi connectivity index (χ3v) is 16.3. The number of rotatable bonds is 31. The predicted octanol–water partition coefficient (Wildman–Crippen LogP) is 10.0. The molecule has 0 radical (unpaired) electrons. The quantitative estimate of drug-likeness (QED) is 0.0307. The van der Waals surface area contributed by atoms with Gasteiger partial charge < -0.3 is 54.7 Å². The highest BCUT2D eigenvalue weighted by Crippen LogP contribution is 2.37. The first-order valence-electron chi connectivity index (χ1n) is 28.0. The molecule has 17 nitrogen and oxygen atoms in total. The van der Waals surface area contributed by atoms with Gasteiger partial charge in [-0.1, -0.05) is 63.2 Å². The second-order valence-electron chi connectivity index (χ2n) is 21.0. The highest BCUT2D eigenvalue weighted by atomic mass is 79.9. The van der Waals surface area contributed by atoms with Crippen molar-refractivity contribution in [2.24, 2.45) is 11.8 Å². The number of amides is 3. The number of aliphatic hydroxyl groups is 1. The number of aliphatic hydroxyl groups excluding tert-OH is 1. The maximum absolute atomic E-state index is 14.4. The summed E-state index contributed by atoms with van der Waals surface area (Å²) in [5, 5.41) is 20.5. The van der Waals surface area contributed by atoms with Gasteiger partial charge in [0.25, 0.3) is 0 Å². The van der Waals surface area contributed by atoms with Gasteiger partial charge in [0.1, 0.15) is 29.4 Å². The van der Waals surface area contributed by atoms with Crippen molar-refractivity contribution in [1.82, 2.24) is 35.0 Å². The Labute approximate surface area is 478 Å². The fourth-order valence-corrected chi connectivity index (χ4v) is 11.2. The Morgan fingerprint density at radius 1 is 0.911 bits per heavy atom. The second kappa shape index (κ2) is 29.4. The van der Waals surface area contributed by atoms with Crippen molar-refractivity contribution >= 4 is 68.1 Å². The van der Waals surface area contributed by atoms with Gasteiger partial charge in [-0.25, -0.2) is 9.97 Å². The number of thiazole rings is 1. The molecule has 4 heterocycles. The van der Waals surface area contributed by atoms with Gasteiger partial charge >= 0.3 is 0 Å². The minimum atomic E-state index is -0.811. The molecule has 3 aliphatic rings. The lowest BCUT2D eigenvalue weighted by atomic mass is 9.84. The number of halogens is 1. The molecule has 3 aromatic carbocycles. The number of benzene rings is 3. The molecule has 2 aliphatic heterocycles. The molecule has 79 heavy (non-hydrogen) atoms. The van der Waals surface area contributed by atoms with Crippen LogP contribution in [0.2, 0.25) is 0 Å². The van der Waals surface area contributed by atoms with Crippen molar-refractivity contribution in [3.8, 4) is 21.9 Å². The van der Waals surface area contributed by atoms with E-state index in [0.29, 0.717) is 76.8 Å². The SMILES string of the molecule is C=C1c2ccccc2CN1[C@H](C(=O)N1C[C@H](O)C[C@H]1C(=O)NCc1ccc(-c2scnc2C)cc1OCCCCOCCCOCCCCOc1ccc(Nc2ncc(Br)c(NCCCN(C)C(=O)C3CCC3)n2)cc1)C(C)C. The van der Waals surface area contributed by atoms with E-state index in [1.165, 1.54) is 0 Å². The van der Waals surface area contributed by atoms with Crippen LogP contribution in [-0.2, 0) is 36.9 Å². The van der Waals surface area contributed by atoms with E-state index in [9.17, 15) is 19.5 Å². The van der Waals surface area contributed by atoms with Gasteiger partial charge in [-0.2, -0.15) is 4.98 Å². The predicted molar refractivity (Wildman–Crippen MR) is 313 cm³/mol. The normalized spacial score (nSPS) is 16.4. The highest BCUT2D eigenvalue weighted by Gasteiger charge is 2.44. The topological polar surface area (TPSA) is 193 Å². The number of aromatic nitrogens is 3. The van der Waals surface area contributed by atoms with Crippen LogP contribution < -0.4 is 25.4 Å². The lowest BCUT2D eigenvalue weighted by Gasteiger charge is -2.36. The second-order valence-corrected chi connectivity index (χ2v) is 22.7. The maximum Gasteiger partial charge on any atom is 0.246 e. The molecule has 1 saturated heterocycles. The van der Waals surface area contributed by atoms with Gasteiger partial charge in [0.05, 0.1) is 39.9 Å². The van der Waals surface area contributed by atoms with Gasteiger partial charge in [-0.3, -0.25) is 14.4 Å². The standard InChI is InChI=1S/C60H78BrN9O8S/c1-40(2)54(69-37-46-15-6-7-18-50(46)42(69)4)59(74)70-38-48(71)34-52(70)57(72)63-35-45-20-19-44(55-41(3)65-39-79-55)33-53(45)78-32-11-9-28-76-30-14-29-75-27-8-10-31-77-49-23-21-47(22-24-49)66-60-64-36-51(61)56(67-60)62-25-13-26-68(5)58(73)43-16-12-17-43/h6-7,15,18-24,33,36,39-40,43,48,52,54,71H,4,8-14,16-17,25-32,34-35,37-38H2,1-3,5H3,(H,63,72)(H2,62,64,66,67)/t48-,52+,54+/m1/s1. The van der Waals surface area contributed by atoms with E-state index in [2.05, 4.69) is 59.5 Å². The summed E-state index contributed by atoms with van der Waals surface area (Å²) in [5.41, 5.74) is 8.36. The van der Waals surface area contributed by atoms with E-state index in [4.69, 9.17) is 18.9 Å². The summed E-state index contributed by atoms with van der Waals surface area (Å²) in [5.74, 6) is 2.55. The zero-order chi connectivity index (χ0) is 55.7. The molecule has 2 aromatic heterocycles. The van der Waals surface area contributed by atoms with Crippen molar-refractivity contribution in [3.63, 3.8) is 0 Å². The molecule has 3 amide bonds. The largest absolute Gasteiger partial charge is 0.494 e. The van der Waals surface area contributed by atoms with E-state index in [-0.39, 0.29) is 49.1 Å². The number of carbonyl (C=O) groups excluding carboxylic acids is 3. The van der Waals surface area contributed by atoms with Crippen molar-refractivity contribution in [1.29, 1.82) is 0 Å². The smallest absolute Gasteiger partial charge is 0.246 e. The van der Waals surface area contributed by atoms with Crippen LogP contribution >= 0.6 is 27.3 Å². The van der Waals surface area contributed by atoms with Crippen molar-refractivity contribution in [3.05, 3.63) is 112 Å². The molecule has 5 aromatic rings. The van der Waals surface area contributed by atoms with Crippen molar-refractivity contribution < 1.29 is 38.4 Å². The average Bonchev–Trinajstić information content (AvgIpc) is 4.34. The number of hydrogen-bond acceptors (Lipinski definition) is 15. The molecule has 3 atom stereocenters. The summed E-state index contributed by atoms with van der Waals surface area (Å²) in [6, 6.07) is 20.4. The number of aryl methyl sites for hydroxylation is 1. The Bertz CT molecular complexity index is 2810. The monoisotopic (exact) mass is 1160 g/mol. The third kappa shape index (κ3) is 16.3. The summed E-state index contributed by atoms with van der Waals surface area (Å²) < 4.78 is 24.9. The fourth-order valence-electron chi connectivity index (χ4n) is 10.1. The number of carbonyl (C=O) groups is 3. The lowest BCUT2D eigenvalue weighted by Crippen LogP contribution is -2.54. The van der Waals surface area contributed by atoms with Crippen LogP contribution in [0.3, 0.4) is 0 Å². The number of anilines is 3. The van der Waals surface area contributed by atoms with E-state index in [1.54, 1.807) is 22.4 Å². The molecule has 0 unspecified atom stereocenters. The van der Waals surface area contributed by atoms with Crippen LogP contribution in [0.5, 0.6) is 11.5 Å². The first-order chi connectivity index (χ1) is 38.3. The maximum atomic E-state index is 14.4. The first-order valence-corrected chi connectivity index (χ1v) is 29.6. The third-order valence-electron chi connectivity index (χ3n) is 14.7. The number of unbranched alkanes of at least 4 members (excludes halogenated alkanes) is 2. The molecule has 0 spiro atoms. The number of likely N-dealkylation sites (tertiary alicyclic amines) is 1. The van der Waals surface area contributed by atoms with Gasteiger partial charge in [-0.15, -0.1) is 11.3 Å². The molecule has 8 rings (SSSR count). The number of nitrogens with zero attached hydrogens (tertiary/aromatic N) is 6. The fraction of sp³-hybridized carbons (Fsp3) is 0.500. The minimum absolute atomic E-state index is 0.0605. The van der Waals surface area contributed by atoms with Gasteiger partial charge in [0, 0.05) is 107 Å². The molecule has 2 fully saturated rings. The highest BCUT2D eigenvalue weighted by molar-refractivity contribution is 9.10. The Morgan fingerprint density at radius 2 is 1.63 bits per heavy atom. The van der Waals surface area contributed by atoms with E-state index < -0.39 is 18.2 Å². The lowest BCUT2D eigenvalue weighted by molar-refractivity contribution is -0.143. The van der Waals surface area contributed by atoms with Gasteiger partial charge in [0.15, 0.2) is 0 Å². The van der Waals surface area contributed by atoms with Crippen LogP contribution in [0.4, 0.5) is 17.5 Å². The van der Waals surface area contributed by atoms with Crippen LogP contribution in [0.1, 0.15) is 100 Å². The molecular weight excluding hydrogens is 1090 g/mol. The van der Waals surface area contributed by atoms with Crippen molar-refractivity contribution in [2.45, 2.75) is 116 Å². The van der Waals surface area contributed by atoms with Crippen LogP contribution in [0, 0.1) is 18.8 Å². The van der Waals surface area contributed by atoms with Crippen molar-refractivity contribution in [2.75, 3.05) is 77.0 Å². The summed E-state index contributed by atoms with van der Waals surface area (Å²) in [6.07, 6.45) is 9.26. The van der Waals surface area contributed by atoms with Gasteiger partial charge in [0.2, 0.25) is 23.7 Å². The Morgan fingerprint density at radius 3 is 2.33 bits per heavy atom. The molecule has 19 heteroatoms. The first kappa shape index (κ1) is 59.0. The Balaban J connectivity index is 0.686. The zero-order valence-electron chi connectivity index (χ0n) is 46.2. The minimum Gasteiger partial charge on any atom is -0.494 e. The summed E-state index contributed by atoms with van der Waals surface area (Å²) in [6.45, 7) is 16.2. The average molecular weight is 1170 g/mol. The number of hydrogen-bond donors (Lipinski definition) is 4. The van der Waals surface area contributed by atoms with E-state index in [1.807, 2.05) is 104 Å². The Hall–Kier alpha value is -6.12. The molecule has 424 valence electrons. The van der Waals surface area contributed by atoms with Gasteiger partial charge in [-0.05, 0) is 122 Å². The van der Waals surface area contributed by atoms with Crippen LogP contribution in [-0.4, -0.2) is 137 Å². The van der Waals surface area contributed by atoms with E-state index in [0.717, 1.165) is 112 Å². The van der Waals surface area contributed by atoms with Crippen LogP contribution in [0.25, 0.3) is 16.1 Å². The molecule has 0 bridgehead atoms. The number of β-amino-alcohol motifs (C(OH)–C–C–N with tert-alkyl or cyclic N) is 1. The number of nitrogens with one attached hydrogen (secondary N) is 3. The number of ether oxygens (including phenoxy) is 4.